The SMILES string of the molecule is Nc1cccc(NC(=O)CC2CCS(=O)(=O)C2)c1. The van der Waals surface area contributed by atoms with E-state index in [-0.39, 0.29) is 29.8 Å². The van der Waals surface area contributed by atoms with Crippen molar-refractivity contribution in [3.8, 4) is 0 Å². The summed E-state index contributed by atoms with van der Waals surface area (Å²) in [6.45, 7) is 0. The molecule has 18 heavy (non-hydrogen) atoms. The highest BCUT2D eigenvalue weighted by atomic mass is 32.2. The Morgan fingerprint density at radius 1 is 1.44 bits per heavy atom. The van der Waals surface area contributed by atoms with Crippen LogP contribution in [0, 0.1) is 5.92 Å². The summed E-state index contributed by atoms with van der Waals surface area (Å²) in [5.74, 6) is 0.0966. The van der Waals surface area contributed by atoms with Crippen LogP contribution in [0.4, 0.5) is 11.4 Å². The van der Waals surface area contributed by atoms with Gasteiger partial charge in [-0.05, 0) is 30.5 Å². The Morgan fingerprint density at radius 2 is 2.22 bits per heavy atom. The molecular weight excluding hydrogens is 252 g/mol. The molecule has 1 heterocycles. The first-order chi connectivity index (χ1) is 8.44. The number of carbonyl (C=O) groups excluding carboxylic acids is 1. The van der Waals surface area contributed by atoms with Gasteiger partial charge in [0.1, 0.15) is 0 Å². The standard InChI is InChI=1S/C12H16N2O3S/c13-10-2-1-3-11(7-10)14-12(15)6-9-4-5-18(16,17)8-9/h1-3,7,9H,4-6,8,13H2,(H,14,15). The van der Waals surface area contributed by atoms with Crippen LogP contribution in [0.25, 0.3) is 0 Å². The Balaban J connectivity index is 1.90. The van der Waals surface area contributed by atoms with E-state index in [0.717, 1.165) is 0 Å². The summed E-state index contributed by atoms with van der Waals surface area (Å²) in [6.07, 6.45) is 0.820. The molecule has 1 fully saturated rings. The Morgan fingerprint density at radius 3 is 2.83 bits per heavy atom. The molecule has 3 N–H and O–H groups in total. The summed E-state index contributed by atoms with van der Waals surface area (Å²) in [6, 6.07) is 6.91. The lowest BCUT2D eigenvalue weighted by atomic mass is 10.1. The van der Waals surface area contributed by atoms with Crippen LogP contribution in [0.3, 0.4) is 0 Å². The quantitative estimate of drug-likeness (QED) is 0.801. The molecule has 98 valence electrons. The molecule has 1 atom stereocenters. The smallest absolute Gasteiger partial charge is 0.224 e. The highest BCUT2D eigenvalue weighted by Gasteiger charge is 2.29. The molecule has 1 amide bonds. The van der Waals surface area contributed by atoms with Crippen molar-refractivity contribution in [1.82, 2.24) is 0 Å². The monoisotopic (exact) mass is 268 g/mol. The summed E-state index contributed by atoms with van der Waals surface area (Å²) >= 11 is 0. The maximum absolute atomic E-state index is 11.7. The fourth-order valence-electron chi connectivity index (χ4n) is 2.12. The van der Waals surface area contributed by atoms with Crippen LogP contribution in [-0.4, -0.2) is 25.8 Å². The zero-order valence-electron chi connectivity index (χ0n) is 9.93. The van der Waals surface area contributed by atoms with Gasteiger partial charge in [-0.25, -0.2) is 8.42 Å². The first-order valence-electron chi connectivity index (χ1n) is 5.80. The molecule has 0 radical (unpaired) electrons. The Kier molecular flexibility index (Phi) is 3.56. The molecule has 0 saturated carbocycles. The lowest BCUT2D eigenvalue weighted by Gasteiger charge is -2.09. The Bertz CT molecular complexity index is 554. The largest absolute Gasteiger partial charge is 0.399 e. The number of rotatable bonds is 3. The maximum Gasteiger partial charge on any atom is 0.224 e. The van der Waals surface area contributed by atoms with E-state index in [4.69, 9.17) is 5.73 Å². The predicted octanol–water partition coefficient (Wildman–Crippen LogP) is 1.03. The third kappa shape index (κ3) is 3.46. The van der Waals surface area contributed by atoms with E-state index in [0.29, 0.717) is 17.8 Å². The molecular formula is C12H16N2O3S. The van der Waals surface area contributed by atoms with Gasteiger partial charge in [0.25, 0.3) is 0 Å². The first kappa shape index (κ1) is 12.9. The van der Waals surface area contributed by atoms with Gasteiger partial charge in [-0.3, -0.25) is 4.79 Å². The van der Waals surface area contributed by atoms with Gasteiger partial charge in [0, 0.05) is 17.8 Å². The minimum absolute atomic E-state index is 0.0592. The lowest BCUT2D eigenvalue weighted by Crippen LogP contribution is -2.17. The number of nitrogens with one attached hydrogen (secondary N) is 1. The second kappa shape index (κ2) is 4.97. The van der Waals surface area contributed by atoms with Gasteiger partial charge in [0.05, 0.1) is 11.5 Å². The number of hydrogen-bond donors (Lipinski definition) is 2. The molecule has 0 spiro atoms. The van der Waals surface area contributed by atoms with E-state index in [1.165, 1.54) is 0 Å². The summed E-state index contributed by atoms with van der Waals surface area (Å²) < 4.78 is 22.6. The van der Waals surface area contributed by atoms with Crippen LogP contribution in [0.15, 0.2) is 24.3 Å². The number of hydrogen-bond acceptors (Lipinski definition) is 4. The molecule has 1 aliphatic rings. The minimum Gasteiger partial charge on any atom is -0.399 e. The molecule has 1 aromatic rings. The minimum atomic E-state index is -2.92. The molecule has 1 unspecified atom stereocenters. The number of anilines is 2. The lowest BCUT2D eigenvalue weighted by molar-refractivity contribution is -0.116. The van der Waals surface area contributed by atoms with Crippen molar-refractivity contribution in [2.24, 2.45) is 5.92 Å². The molecule has 1 saturated heterocycles. The van der Waals surface area contributed by atoms with Crippen LogP contribution >= 0.6 is 0 Å². The third-order valence-corrected chi connectivity index (χ3v) is 4.81. The van der Waals surface area contributed by atoms with Gasteiger partial charge >= 0.3 is 0 Å². The van der Waals surface area contributed by atoms with Crippen molar-refractivity contribution in [1.29, 1.82) is 0 Å². The third-order valence-electron chi connectivity index (χ3n) is 2.97. The molecule has 0 aliphatic carbocycles. The number of benzene rings is 1. The van der Waals surface area contributed by atoms with Crippen molar-refractivity contribution >= 4 is 27.1 Å². The van der Waals surface area contributed by atoms with Gasteiger partial charge in [-0.2, -0.15) is 0 Å². The first-order valence-corrected chi connectivity index (χ1v) is 7.62. The summed E-state index contributed by atoms with van der Waals surface area (Å²) in [5, 5.41) is 2.72. The van der Waals surface area contributed by atoms with Gasteiger partial charge in [0.2, 0.25) is 5.91 Å². The fourth-order valence-corrected chi connectivity index (χ4v) is 3.99. The van der Waals surface area contributed by atoms with Crippen LogP contribution in [0.2, 0.25) is 0 Å². The average molecular weight is 268 g/mol. The van der Waals surface area contributed by atoms with Crippen LogP contribution in [-0.2, 0) is 14.6 Å². The second-order valence-corrected chi connectivity index (χ2v) is 6.88. The summed E-state index contributed by atoms with van der Waals surface area (Å²) in [4.78, 5) is 11.7. The van der Waals surface area contributed by atoms with E-state index in [1.807, 2.05) is 0 Å². The number of amides is 1. The molecule has 5 nitrogen and oxygen atoms in total. The highest BCUT2D eigenvalue weighted by Crippen LogP contribution is 2.22. The van der Waals surface area contributed by atoms with Crippen molar-refractivity contribution in [2.45, 2.75) is 12.8 Å². The van der Waals surface area contributed by atoms with E-state index in [2.05, 4.69) is 5.32 Å². The van der Waals surface area contributed by atoms with E-state index >= 15 is 0 Å². The molecule has 2 rings (SSSR count). The van der Waals surface area contributed by atoms with Crippen LogP contribution < -0.4 is 11.1 Å². The topological polar surface area (TPSA) is 89.3 Å². The zero-order chi connectivity index (χ0) is 13.2. The zero-order valence-corrected chi connectivity index (χ0v) is 10.7. The van der Waals surface area contributed by atoms with E-state index in [9.17, 15) is 13.2 Å². The molecule has 6 heteroatoms. The van der Waals surface area contributed by atoms with Crippen molar-refractivity contribution in [2.75, 3.05) is 22.6 Å². The number of nitrogens with two attached hydrogens (primary N) is 1. The molecule has 0 aromatic heterocycles. The second-order valence-electron chi connectivity index (χ2n) is 4.65. The number of nitrogen functional groups attached to an aromatic ring is 1. The van der Waals surface area contributed by atoms with Crippen molar-refractivity contribution in [3.63, 3.8) is 0 Å². The maximum atomic E-state index is 11.7. The van der Waals surface area contributed by atoms with Crippen molar-refractivity contribution in [3.05, 3.63) is 24.3 Å². The highest BCUT2D eigenvalue weighted by molar-refractivity contribution is 7.91. The van der Waals surface area contributed by atoms with Gasteiger partial charge < -0.3 is 11.1 Å². The van der Waals surface area contributed by atoms with Crippen molar-refractivity contribution < 1.29 is 13.2 Å². The van der Waals surface area contributed by atoms with Gasteiger partial charge in [-0.1, -0.05) is 6.07 Å². The van der Waals surface area contributed by atoms with Gasteiger partial charge in [0.15, 0.2) is 9.84 Å². The number of carbonyl (C=O) groups is 1. The Labute approximate surface area is 106 Å². The molecule has 1 aromatic carbocycles. The van der Waals surface area contributed by atoms with Crippen LogP contribution in [0.1, 0.15) is 12.8 Å². The normalized spacial score (nSPS) is 21.7. The Hall–Kier alpha value is -1.56. The van der Waals surface area contributed by atoms with Gasteiger partial charge in [-0.15, -0.1) is 0 Å². The van der Waals surface area contributed by atoms with Crippen LogP contribution in [0.5, 0.6) is 0 Å². The van der Waals surface area contributed by atoms with E-state index in [1.54, 1.807) is 24.3 Å². The predicted molar refractivity (Wildman–Crippen MR) is 70.9 cm³/mol. The molecule has 0 bridgehead atoms. The fraction of sp³-hybridized carbons (Fsp3) is 0.417. The summed E-state index contributed by atoms with van der Waals surface area (Å²) in [7, 11) is -2.92. The summed E-state index contributed by atoms with van der Waals surface area (Å²) in [5.41, 5.74) is 6.82. The average Bonchev–Trinajstić information content (AvgIpc) is 2.57. The number of sulfone groups is 1. The van der Waals surface area contributed by atoms with E-state index < -0.39 is 9.84 Å². The molecule has 1 aliphatic heterocycles.